The lowest BCUT2D eigenvalue weighted by Crippen LogP contribution is -2.56. The number of sulfonamides is 1. The molecule has 0 aromatic heterocycles. The van der Waals surface area contributed by atoms with Gasteiger partial charge in [0.2, 0.25) is 15.9 Å². The van der Waals surface area contributed by atoms with Gasteiger partial charge in [-0.2, -0.15) is 4.31 Å². The van der Waals surface area contributed by atoms with E-state index in [0.717, 1.165) is 64.5 Å². The zero-order valence-corrected chi connectivity index (χ0v) is 16.7. The average molecular weight is 385 g/mol. The van der Waals surface area contributed by atoms with Gasteiger partial charge in [-0.1, -0.05) is 6.42 Å². The van der Waals surface area contributed by atoms with Crippen LogP contribution in [0.25, 0.3) is 0 Å². The molecule has 2 saturated carbocycles. The lowest BCUT2D eigenvalue weighted by molar-refractivity contribution is -0.152. The van der Waals surface area contributed by atoms with E-state index in [4.69, 9.17) is 4.74 Å². The van der Waals surface area contributed by atoms with Gasteiger partial charge in [0.25, 0.3) is 0 Å². The fourth-order valence-corrected chi connectivity index (χ4v) is 6.44. The van der Waals surface area contributed by atoms with Crippen molar-refractivity contribution in [3.8, 4) is 0 Å². The van der Waals surface area contributed by atoms with Crippen LogP contribution in [-0.4, -0.2) is 66.7 Å². The first-order valence-electron chi connectivity index (χ1n) is 10.4. The predicted octanol–water partition coefficient (Wildman–Crippen LogP) is 2.14. The summed E-state index contributed by atoms with van der Waals surface area (Å²) in [7, 11) is -3.17. The third-order valence-electron chi connectivity index (χ3n) is 6.86. The lowest BCUT2D eigenvalue weighted by atomic mass is 9.80. The molecule has 26 heavy (non-hydrogen) atoms. The highest BCUT2D eigenvalue weighted by molar-refractivity contribution is 7.89. The minimum atomic E-state index is -3.17. The number of likely N-dealkylation sites (tertiary alicyclic amines) is 1. The number of nitrogens with zero attached hydrogens (tertiary/aromatic N) is 2. The summed E-state index contributed by atoms with van der Waals surface area (Å²) in [4.78, 5) is 14.5. The Hall–Kier alpha value is -0.660. The smallest absolute Gasteiger partial charge is 0.225 e. The van der Waals surface area contributed by atoms with Gasteiger partial charge in [0.05, 0.1) is 11.4 Å². The Balaban J connectivity index is 1.41. The van der Waals surface area contributed by atoms with Crippen molar-refractivity contribution in [3.63, 3.8) is 0 Å². The zero-order chi connectivity index (χ0) is 18.4. The lowest BCUT2D eigenvalue weighted by Gasteiger charge is -2.48. The molecule has 0 aromatic rings. The summed E-state index contributed by atoms with van der Waals surface area (Å²) in [5.41, 5.74) is -0.240. The third kappa shape index (κ3) is 3.54. The van der Waals surface area contributed by atoms with Crippen molar-refractivity contribution >= 4 is 15.9 Å². The molecule has 7 heteroatoms. The van der Waals surface area contributed by atoms with Crippen LogP contribution >= 0.6 is 0 Å². The van der Waals surface area contributed by atoms with Crippen LogP contribution in [0.15, 0.2) is 0 Å². The summed E-state index contributed by atoms with van der Waals surface area (Å²) in [6.07, 6.45) is 8.52. The van der Waals surface area contributed by atoms with Crippen molar-refractivity contribution in [2.24, 2.45) is 5.92 Å². The molecule has 1 atom stereocenters. The highest BCUT2D eigenvalue weighted by atomic mass is 32.2. The number of piperidine rings is 1. The maximum atomic E-state index is 12.6. The van der Waals surface area contributed by atoms with Crippen molar-refractivity contribution in [1.82, 2.24) is 9.21 Å². The van der Waals surface area contributed by atoms with Gasteiger partial charge in [-0.25, -0.2) is 8.42 Å². The molecule has 2 aliphatic carbocycles. The number of amides is 1. The van der Waals surface area contributed by atoms with Crippen molar-refractivity contribution < 1.29 is 17.9 Å². The van der Waals surface area contributed by atoms with E-state index in [1.807, 2.05) is 9.21 Å². The highest BCUT2D eigenvalue weighted by Crippen LogP contribution is 2.41. The van der Waals surface area contributed by atoms with E-state index >= 15 is 0 Å². The third-order valence-corrected chi connectivity index (χ3v) is 8.83. The Kier molecular flexibility index (Phi) is 5.07. The van der Waals surface area contributed by atoms with Gasteiger partial charge >= 0.3 is 0 Å². The molecule has 2 aliphatic heterocycles. The first-order chi connectivity index (χ1) is 12.4. The number of ether oxygens (including phenoxy) is 1. The summed E-state index contributed by atoms with van der Waals surface area (Å²) >= 11 is 0. The standard InChI is InChI=1S/C19H32N2O4S/c1-2-26(23,24)21(16-6-7-16)17-8-13-25-19(14-17)9-11-20(12-10-19)18(22)15-4-3-5-15/h15-17H,2-14H2,1H3. The van der Waals surface area contributed by atoms with Gasteiger partial charge in [0, 0.05) is 37.7 Å². The monoisotopic (exact) mass is 384 g/mol. The molecule has 1 spiro atoms. The summed E-state index contributed by atoms with van der Waals surface area (Å²) in [5, 5.41) is 0. The molecule has 1 unspecified atom stereocenters. The second kappa shape index (κ2) is 7.06. The number of carbonyl (C=O) groups excluding carboxylic acids is 1. The quantitative estimate of drug-likeness (QED) is 0.728. The number of hydrogen-bond donors (Lipinski definition) is 0. The molecule has 4 rings (SSSR count). The topological polar surface area (TPSA) is 66.9 Å². The molecular formula is C19H32N2O4S. The first kappa shape index (κ1) is 18.7. The molecule has 0 radical (unpaired) electrons. The first-order valence-corrected chi connectivity index (χ1v) is 12.0. The Bertz CT molecular complexity index is 634. The molecule has 0 aromatic carbocycles. The fraction of sp³-hybridized carbons (Fsp3) is 0.947. The van der Waals surface area contributed by atoms with E-state index in [1.54, 1.807) is 6.92 Å². The van der Waals surface area contributed by atoms with Crippen molar-refractivity contribution in [1.29, 1.82) is 0 Å². The van der Waals surface area contributed by atoms with Crippen LogP contribution in [0.4, 0.5) is 0 Å². The Morgan fingerprint density at radius 1 is 1.12 bits per heavy atom. The minimum Gasteiger partial charge on any atom is -0.375 e. The number of hydrogen-bond acceptors (Lipinski definition) is 4. The molecule has 2 saturated heterocycles. The Morgan fingerprint density at radius 3 is 2.35 bits per heavy atom. The van der Waals surface area contributed by atoms with E-state index in [9.17, 15) is 13.2 Å². The van der Waals surface area contributed by atoms with Crippen molar-refractivity contribution in [2.45, 2.75) is 82.4 Å². The van der Waals surface area contributed by atoms with Gasteiger partial charge in [0.15, 0.2) is 0 Å². The second-order valence-electron chi connectivity index (χ2n) is 8.59. The summed E-state index contributed by atoms with van der Waals surface area (Å²) in [5.74, 6) is 0.758. The van der Waals surface area contributed by atoms with Crippen LogP contribution in [0.3, 0.4) is 0 Å². The number of rotatable bonds is 5. The van der Waals surface area contributed by atoms with Crippen LogP contribution in [-0.2, 0) is 19.6 Å². The molecule has 4 aliphatic rings. The molecule has 1 amide bonds. The molecule has 6 nitrogen and oxygen atoms in total. The van der Waals surface area contributed by atoms with Crippen LogP contribution in [0.5, 0.6) is 0 Å². The predicted molar refractivity (Wildman–Crippen MR) is 99.2 cm³/mol. The van der Waals surface area contributed by atoms with Crippen LogP contribution < -0.4 is 0 Å². The van der Waals surface area contributed by atoms with Crippen LogP contribution in [0.1, 0.15) is 64.7 Å². The van der Waals surface area contributed by atoms with Crippen molar-refractivity contribution in [2.75, 3.05) is 25.4 Å². The van der Waals surface area contributed by atoms with Gasteiger partial charge < -0.3 is 9.64 Å². The molecule has 0 N–H and O–H groups in total. The van der Waals surface area contributed by atoms with Crippen molar-refractivity contribution in [3.05, 3.63) is 0 Å². The molecular weight excluding hydrogens is 352 g/mol. The minimum absolute atomic E-state index is 0.0649. The maximum Gasteiger partial charge on any atom is 0.225 e. The second-order valence-corrected chi connectivity index (χ2v) is 10.8. The van der Waals surface area contributed by atoms with Gasteiger partial charge in [-0.05, 0) is 58.3 Å². The molecule has 4 fully saturated rings. The normalized spacial score (nSPS) is 29.8. The van der Waals surface area contributed by atoms with E-state index in [-0.39, 0.29) is 29.4 Å². The summed E-state index contributed by atoms with van der Waals surface area (Å²) < 4.78 is 33.3. The van der Waals surface area contributed by atoms with Gasteiger partial charge in [0.1, 0.15) is 0 Å². The maximum absolute atomic E-state index is 12.6. The highest BCUT2D eigenvalue weighted by Gasteiger charge is 2.48. The average Bonchev–Trinajstić information content (AvgIpc) is 3.39. The largest absolute Gasteiger partial charge is 0.375 e. The Morgan fingerprint density at radius 2 is 1.81 bits per heavy atom. The van der Waals surface area contributed by atoms with E-state index in [0.29, 0.717) is 12.5 Å². The van der Waals surface area contributed by atoms with E-state index in [1.165, 1.54) is 6.42 Å². The van der Waals surface area contributed by atoms with Crippen LogP contribution in [0.2, 0.25) is 0 Å². The SMILES string of the molecule is CCS(=O)(=O)N(C1CC1)C1CCOC2(CCN(C(=O)C3CCC3)CC2)C1. The zero-order valence-electron chi connectivity index (χ0n) is 15.9. The molecule has 148 valence electrons. The number of carbonyl (C=O) groups is 1. The summed E-state index contributed by atoms with van der Waals surface area (Å²) in [6, 6.07) is 0.274. The molecule has 0 bridgehead atoms. The van der Waals surface area contributed by atoms with E-state index in [2.05, 4.69) is 0 Å². The fourth-order valence-electron chi connectivity index (χ4n) is 4.85. The van der Waals surface area contributed by atoms with Gasteiger partial charge in [-0.3, -0.25) is 4.79 Å². The summed E-state index contributed by atoms with van der Waals surface area (Å²) in [6.45, 7) is 3.88. The van der Waals surface area contributed by atoms with E-state index < -0.39 is 10.0 Å². The molecule has 2 heterocycles. The Labute approximate surface area is 157 Å². The van der Waals surface area contributed by atoms with Gasteiger partial charge in [-0.15, -0.1) is 0 Å². The van der Waals surface area contributed by atoms with Crippen LogP contribution in [0, 0.1) is 5.92 Å².